The second kappa shape index (κ2) is 5.59. The third-order valence-corrected chi connectivity index (χ3v) is 2.44. The lowest BCUT2D eigenvalue weighted by atomic mass is 10.1. The molecule has 1 aromatic carbocycles. The molecule has 0 aliphatic heterocycles. The lowest BCUT2D eigenvalue weighted by Gasteiger charge is -2.20. The van der Waals surface area contributed by atoms with Crippen molar-refractivity contribution in [2.45, 2.75) is 32.5 Å². The molecule has 0 atom stereocenters. The molecule has 0 bridgehead atoms. The summed E-state index contributed by atoms with van der Waals surface area (Å²) in [5.41, 5.74) is -2.93. The van der Waals surface area contributed by atoms with E-state index in [9.17, 15) is 22.4 Å². The van der Waals surface area contributed by atoms with Gasteiger partial charge in [-0.1, -0.05) is 15.9 Å². The quantitative estimate of drug-likeness (QED) is 0.721. The second-order valence-electron chi connectivity index (χ2n) is 4.94. The highest BCUT2D eigenvalue weighted by atomic mass is 79.9. The molecule has 1 N–H and O–H groups in total. The number of rotatable bonds is 1. The predicted octanol–water partition coefficient (Wildman–Crippen LogP) is 4.95. The molecule has 0 fully saturated rings. The molecular weight excluding hydrogens is 346 g/mol. The van der Waals surface area contributed by atoms with Crippen LogP contribution in [0.2, 0.25) is 0 Å². The van der Waals surface area contributed by atoms with Gasteiger partial charge >= 0.3 is 12.3 Å². The molecule has 3 nitrogen and oxygen atoms in total. The van der Waals surface area contributed by atoms with Crippen LogP contribution in [0.25, 0.3) is 0 Å². The molecule has 0 aliphatic rings. The number of alkyl halides is 3. The molecular formula is C12H12BrF4NO2. The Morgan fingerprint density at radius 1 is 1.25 bits per heavy atom. The lowest BCUT2D eigenvalue weighted by Crippen LogP contribution is -2.27. The first-order valence-electron chi connectivity index (χ1n) is 5.46. The molecule has 0 saturated heterocycles. The standard InChI is InChI=1S/C12H12BrF4NO2/c1-11(2,3)20-10(19)18-8-5-6(13)4-7(9(8)14)12(15,16)17/h4-5H,1-3H3,(H,18,19). The van der Waals surface area contributed by atoms with Crippen molar-refractivity contribution in [3.05, 3.63) is 28.0 Å². The summed E-state index contributed by atoms with van der Waals surface area (Å²) in [6, 6.07) is 1.62. The van der Waals surface area contributed by atoms with Crippen molar-refractivity contribution >= 4 is 27.7 Å². The molecule has 0 aliphatic carbocycles. The Hall–Kier alpha value is -1.31. The van der Waals surface area contributed by atoms with Crippen LogP contribution in [0.15, 0.2) is 16.6 Å². The molecule has 0 heterocycles. The highest BCUT2D eigenvalue weighted by Gasteiger charge is 2.36. The average molecular weight is 358 g/mol. The zero-order valence-corrected chi connectivity index (χ0v) is 12.4. The van der Waals surface area contributed by atoms with Crippen LogP contribution in [-0.4, -0.2) is 11.7 Å². The Morgan fingerprint density at radius 2 is 1.80 bits per heavy atom. The van der Waals surface area contributed by atoms with E-state index in [1.807, 2.05) is 5.32 Å². The smallest absolute Gasteiger partial charge is 0.419 e. The first-order valence-corrected chi connectivity index (χ1v) is 6.25. The first-order chi connectivity index (χ1) is 8.90. The fraction of sp³-hybridized carbons (Fsp3) is 0.417. The highest BCUT2D eigenvalue weighted by molar-refractivity contribution is 9.10. The van der Waals surface area contributed by atoms with Crippen molar-refractivity contribution in [2.75, 3.05) is 5.32 Å². The third kappa shape index (κ3) is 4.66. The van der Waals surface area contributed by atoms with E-state index in [0.717, 1.165) is 6.07 Å². The minimum absolute atomic E-state index is 0.0164. The summed E-state index contributed by atoms with van der Waals surface area (Å²) in [7, 11) is 0. The summed E-state index contributed by atoms with van der Waals surface area (Å²) in [5, 5.41) is 1.95. The van der Waals surface area contributed by atoms with Gasteiger partial charge in [-0.05, 0) is 32.9 Å². The van der Waals surface area contributed by atoms with Gasteiger partial charge in [-0.2, -0.15) is 13.2 Å². The van der Waals surface area contributed by atoms with Gasteiger partial charge < -0.3 is 4.74 Å². The Bertz CT molecular complexity index is 523. The van der Waals surface area contributed by atoms with Crippen LogP contribution in [0.4, 0.5) is 28.0 Å². The van der Waals surface area contributed by atoms with E-state index in [0.29, 0.717) is 6.07 Å². The van der Waals surface area contributed by atoms with Crippen molar-refractivity contribution in [1.29, 1.82) is 0 Å². The first kappa shape index (κ1) is 16.7. The van der Waals surface area contributed by atoms with E-state index in [4.69, 9.17) is 4.74 Å². The van der Waals surface area contributed by atoms with Gasteiger partial charge in [0.25, 0.3) is 0 Å². The normalized spacial score (nSPS) is 12.2. The molecule has 1 aromatic rings. The third-order valence-electron chi connectivity index (χ3n) is 1.98. The van der Waals surface area contributed by atoms with Crippen molar-refractivity contribution in [1.82, 2.24) is 0 Å². The number of hydrogen-bond donors (Lipinski definition) is 1. The van der Waals surface area contributed by atoms with Crippen LogP contribution in [0, 0.1) is 5.82 Å². The van der Waals surface area contributed by atoms with Crippen molar-refractivity contribution in [2.24, 2.45) is 0 Å². The summed E-state index contributed by atoms with van der Waals surface area (Å²) in [6.45, 7) is 4.72. The van der Waals surface area contributed by atoms with Crippen LogP contribution >= 0.6 is 15.9 Å². The van der Waals surface area contributed by atoms with E-state index in [-0.39, 0.29) is 4.47 Å². The van der Waals surface area contributed by atoms with E-state index >= 15 is 0 Å². The molecule has 0 saturated carbocycles. The molecule has 0 radical (unpaired) electrons. The van der Waals surface area contributed by atoms with Crippen molar-refractivity contribution < 1.29 is 27.1 Å². The fourth-order valence-electron chi connectivity index (χ4n) is 1.30. The Kier molecular flexibility index (Phi) is 4.68. The molecule has 0 spiro atoms. The van der Waals surface area contributed by atoms with Gasteiger partial charge in [0.05, 0.1) is 11.3 Å². The number of carbonyl (C=O) groups is 1. The van der Waals surface area contributed by atoms with E-state index in [1.54, 1.807) is 20.8 Å². The number of benzene rings is 1. The summed E-state index contributed by atoms with van der Waals surface area (Å²) in [4.78, 5) is 11.5. The Balaban J connectivity index is 3.08. The summed E-state index contributed by atoms with van der Waals surface area (Å²) >= 11 is 2.83. The van der Waals surface area contributed by atoms with Gasteiger partial charge in [0.15, 0.2) is 5.82 Å². The number of halogens is 5. The zero-order valence-electron chi connectivity index (χ0n) is 10.9. The van der Waals surface area contributed by atoms with E-state index in [1.165, 1.54) is 0 Å². The number of hydrogen-bond acceptors (Lipinski definition) is 2. The minimum atomic E-state index is -4.86. The molecule has 0 unspecified atom stereocenters. The van der Waals surface area contributed by atoms with Crippen LogP contribution in [0.1, 0.15) is 26.3 Å². The average Bonchev–Trinajstić information content (AvgIpc) is 2.18. The summed E-state index contributed by atoms with van der Waals surface area (Å²) in [5.74, 6) is -1.56. The maximum atomic E-state index is 13.7. The Morgan fingerprint density at radius 3 is 2.25 bits per heavy atom. The number of carbonyl (C=O) groups excluding carboxylic acids is 1. The largest absolute Gasteiger partial charge is 0.444 e. The lowest BCUT2D eigenvalue weighted by molar-refractivity contribution is -0.139. The molecule has 0 aromatic heterocycles. The van der Waals surface area contributed by atoms with E-state index in [2.05, 4.69) is 15.9 Å². The SMILES string of the molecule is CC(C)(C)OC(=O)Nc1cc(Br)cc(C(F)(F)F)c1F. The Labute approximate surface area is 121 Å². The maximum absolute atomic E-state index is 13.7. The van der Waals surface area contributed by atoms with Gasteiger partial charge in [-0.3, -0.25) is 5.32 Å². The minimum Gasteiger partial charge on any atom is -0.444 e. The number of ether oxygens (including phenoxy) is 1. The van der Waals surface area contributed by atoms with Gasteiger partial charge in [0, 0.05) is 4.47 Å². The van der Waals surface area contributed by atoms with Gasteiger partial charge in [0.1, 0.15) is 5.60 Å². The van der Waals surface area contributed by atoms with Crippen molar-refractivity contribution in [3.63, 3.8) is 0 Å². The van der Waals surface area contributed by atoms with E-state index < -0.39 is 34.9 Å². The molecule has 1 amide bonds. The molecule has 112 valence electrons. The van der Waals surface area contributed by atoms with Crippen LogP contribution in [0.5, 0.6) is 0 Å². The van der Waals surface area contributed by atoms with Crippen molar-refractivity contribution in [3.8, 4) is 0 Å². The fourth-order valence-corrected chi connectivity index (χ4v) is 1.76. The molecule has 20 heavy (non-hydrogen) atoms. The summed E-state index contributed by atoms with van der Waals surface area (Å²) in [6.07, 6.45) is -5.90. The van der Waals surface area contributed by atoms with Crippen LogP contribution in [-0.2, 0) is 10.9 Å². The topological polar surface area (TPSA) is 38.3 Å². The second-order valence-corrected chi connectivity index (χ2v) is 5.86. The van der Waals surface area contributed by atoms with Gasteiger partial charge in [0.2, 0.25) is 0 Å². The van der Waals surface area contributed by atoms with Crippen LogP contribution < -0.4 is 5.32 Å². The summed E-state index contributed by atoms with van der Waals surface area (Å²) < 4.78 is 56.4. The van der Waals surface area contributed by atoms with Gasteiger partial charge in [-0.25, -0.2) is 9.18 Å². The van der Waals surface area contributed by atoms with Crippen LogP contribution in [0.3, 0.4) is 0 Å². The number of amides is 1. The number of anilines is 1. The molecule has 8 heteroatoms. The highest BCUT2D eigenvalue weighted by Crippen LogP contribution is 2.36. The molecule has 1 rings (SSSR count). The predicted molar refractivity (Wildman–Crippen MR) is 69.0 cm³/mol. The zero-order chi connectivity index (χ0) is 15.7. The maximum Gasteiger partial charge on any atom is 0.419 e. The number of nitrogens with one attached hydrogen (secondary N) is 1. The van der Waals surface area contributed by atoms with Gasteiger partial charge in [-0.15, -0.1) is 0 Å². The monoisotopic (exact) mass is 357 g/mol.